The van der Waals surface area contributed by atoms with Gasteiger partial charge in [0, 0.05) is 12.6 Å². The van der Waals surface area contributed by atoms with Crippen LogP contribution in [0.25, 0.3) is 0 Å². The summed E-state index contributed by atoms with van der Waals surface area (Å²) in [5, 5.41) is 0.377. The molecule has 0 aliphatic heterocycles. The van der Waals surface area contributed by atoms with Crippen LogP contribution in [0.2, 0.25) is 5.02 Å². The quantitative estimate of drug-likeness (QED) is 0.748. The number of methoxy groups -OCH3 is 1. The van der Waals surface area contributed by atoms with Gasteiger partial charge >= 0.3 is 0 Å². The zero-order valence-electron chi connectivity index (χ0n) is 15.6. The third-order valence-electron chi connectivity index (χ3n) is 4.72. The molecule has 0 bridgehead atoms. The highest BCUT2D eigenvalue weighted by Gasteiger charge is 2.29. The minimum Gasteiger partial charge on any atom is -0.493 e. The van der Waals surface area contributed by atoms with Crippen molar-refractivity contribution >= 4 is 17.5 Å². The van der Waals surface area contributed by atoms with Crippen molar-refractivity contribution in [3.63, 3.8) is 0 Å². The summed E-state index contributed by atoms with van der Waals surface area (Å²) in [6, 6.07) is 11.7. The smallest absolute Gasteiger partial charge is 0.254 e. The Morgan fingerprint density at radius 3 is 2.69 bits per heavy atom. The molecule has 0 N–H and O–H groups in total. The van der Waals surface area contributed by atoms with Gasteiger partial charge in [0.05, 0.1) is 24.3 Å². The fourth-order valence-corrected chi connectivity index (χ4v) is 3.73. The Balaban J connectivity index is 1.89. The highest BCUT2D eigenvalue weighted by molar-refractivity contribution is 6.32. The Labute approximate surface area is 159 Å². The van der Waals surface area contributed by atoms with E-state index in [1.807, 2.05) is 33.0 Å². The minimum atomic E-state index is -0.0806. The molecule has 4 nitrogen and oxygen atoms in total. The Bertz CT molecular complexity index is 819. The maximum atomic E-state index is 13.1. The number of carbonyl (C=O) groups excluding carboxylic acids is 1. The summed E-state index contributed by atoms with van der Waals surface area (Å²) in [5.41, 5.74) is 3.03. The molecule has 0 saturated heterocycles. The van der Waals surface area contributed by atoms with Crippen molar-refractivity contribution in [3.8, 4) is 11.5 Å². The minimum absolute atomic E-state index is 0.0411. The van der Waals surface area contributed by atoms with Crippen molar-refractivity contribution in [1.82, 2.24) is 4.90 Å². The number of aryl methyl sites for hydroxylation is 1. The van der Waals surface area contributed by atoms with Gasteiger partial charge in [-0.3, -0.25) is 4.79 Å². The number of hydrogen-bond acceptors (Lipinski definition) is 3. The van der Waals surface area contributed by atoms with Crippen LogP contribution in [-0.2, 0) is 6.42 Å². The van der Waals surface area contributed by atoms with Crippen LogP contribution in [0.3, 0.4) is 0 Å². The van der Waals surface area contributed by atoms with Crippen molar-refractivity contribution in [1.29, 1.82) is 0 Å². The van der Waals surface area contributed by atoms with Gasteiger partial charge in [0.15, 0.2) is 11.5 Å². The van der Waals surface area contributed by atoms with Gasteiger partial charge in [-0.05, 0) is 49.9 Å². The van der Waals surface area contributed by atoms with Crippen molar-refractivity contribution in [2.45, 2.75) is 38.8 Å². The first-order valence-corrected chi connectivity index (χ1v) is 9.19. The number of carbonyl (C=O) groups is 1. The lowest BCUT2D eigenvalue weighted by Gasteiger charge is -2.26. The largest absolute Gasteiger partial charge is 0.493 e. The standard InChI is InChI=1S/C21H24ClNO3/c1-13(2)26-20-17(22)11-15(12-19(20)25-4)21(24)23(3)18-10-9-14-7-5-6-8-16(14)18/h5-8,11-13,18H,9-10H2,1-4H3/t18-/m1/s1. The number of nitrogens with zero attached hydrogens (tertiary/aromatic N) is 1. The fourth-order valence-electron chi connectivity index (χ4n) is 3.48. The first-order valence-electron chi connectivity index (χ1n) is 8.81. The van der Waals surface area contributed by atoms with Crippen LogP contribution in [-0.4, -0.2) is 31.1 Å². The van der Waals surface area contributed by atoms with E-state index in [9.17, 15) is 4.79 Å². The van der Waals surface area contributed by atoms with Gasteiger partial charge in [-0.25, -0.2) is 0 Å². The molecule has 0 heterocycles. The maximum absolute atomic E-state index is 13.1. The van der Waals surface area contributed by atoms with Crippen LogP contribution < -0.4 is 9.47 Å². The van der Waals surface area contributed by atoms with Gasteiger partial charge in [0.2, 0.25) is 0 Å². The summed E-state index contributed by atoms with van der Waals surface area (Å²) < 4.78 is 11.1. The van der Waals surface area contributed by atoms with Gasteiger partial charge in [-0.15, -0.1) is 0 Å². The number of ether oxygens (including phenoxy) is 2. The number of halogens is 1. The van der Waals surface area contributed by atoms with Crippen molar-refractivity contribution in [3.05, 3.63) is 58.1 Å². The number of rotatable bonds is 5. The first kappa shape index (κ1) is 18.6. The predicted octanol–water partition coefficient (Wildman–Crippen LogP) is 4.90. The summed E-state index contributed by atoms with van der Waals surface area (Å²) >= 11 is 6.37. The Morgan fingerprint density at radius 1 is 1.27 bits per heavy atom. The SMILES string of the molecule is COc1cc(C(=O)N(C)[C@@H]2CCc3ccccc32)cc(Cl)c1OC(C)C. The van der Waals surface area contributed by atoms with Gasteiger partial charge in [-0.1, -0.05) is 35.9 Å². The zero-order valence-corrected chi connectivity index (χ0v) is 16.3. The molecule has 138 valence electrons. The molecule has 2 aromatic rings. The van der Waals surface area contributed by atoms with E-state index in [-0.39, 0.29) is 18.1 Å². The Kier molecular flexibility index (Phi) is 5.42. The molecule has 0 fully saturated rings. The average molecular weight is 374 g/mol. The zero-order chi connectivity index (χ0) is 18.8. The highest BCUT2D eigenvalue weighted by atomic mass is 35.5. The van der Waals surface area contributed by atoms with E-state index in [1.165, 1.54) is 11.1 Å². The number of amides is 1. The second-order valence-corrected chi connectivity index (χ2v) is 7.23. The molecule has 3 rings (SSSR count). The molecule has 2 aromatic carbocycles. The van der Waals surface area contributed by atoms with Gasteiger partial charge in [-0.2, -0.15) is 0 Å². The molecule has 1 amide bonds. The topological polar surface area (TPSA) is 38.8 Å². The number of fused-ring (bicyclic) bond motifs is 1. The summed E-state index contributed by atoms with van der Waals surface area (Å²) in [4.78, 5) is 14.9. The van der Waals surface area contributed by atoms with E-state index in [2.05, 4.69) is 12.1 Å². The molecule has 26 heavy (non-hydrogen) atoms. The second kappa shape index (κ2) is 7.58. The Hall–Kier alpha value is -2.20. The molecule has 5 heteroatoms. The molecular formula is C21H24ClNO3. The summed E-state index contributed by atoms with van der Waals surface area (Å²) in [6.07, 6.45) is 1.88. The van der Waals surface area contributed by atoms with Crippen molar-refractivity contribution in [2.75, 3.05) is 14.2 Å². The monoisotopic (exact) mass is 373 g/mol. The number of benzene rings is 2. The molecular weight excluding hydrogens is 350 g/mol. The molecule has 0 radical (unpaired) electrons. The third-order valence-corrected chi connectivity index (χ3v) is 5.00. The van der Waals surface area contributed by atoms with E-state index in [4.69, 9.17) is 21.1 Å². The lowest BCUT2D eigenvalue weighted by atomic mass is 10.1. The number of hydrogen-bond donors (Lipinski definition) is 0. The summed E-state index contributed by atoms with van der Waals surface area (Å²) in [5.74, 6) is 0.854. The van der Waals surface area contributed by atoms with Gasteiger partial charge < -0.3 is 14.4 Å². The summed E-state index contributed by atoms with van der Waals surface area (Å²) in [7, 11) is 3.39. The van der Waals surface area contributed by atoms with E-state index >= 15 is 0 Å². The first-order chi connectivity index (χ1) is 12.4. The van der Waals surface area contributed by atoms with Crippen LogP contribution in [0.4, 0.5) is 0 Å². The van der Waals surface area contributed by atoms with E-state index in [0.717, 1.165) is 12.8 Å². The highest BCUT2D eigenvalue weighted by Crippen LogP contribution is 2.39. The van der Waals surface area contributed by atoms with Crippen molar-refractivity contribution in [2.24, 2.45) is 0 Å². The summed E-state index contributed by atoms with van der Waals surface area (Å²) in [6.45, 7) is 3.83. The van der Waals surface area contributed by atoms with Crippen molar-refractivity contribution < 1.29 is 14.3 Å². The van der Waals surface area contributed by atoms with Gasteiger partial charge in [0.25, 0.3) is 5.91 Å². The van der Waals surface area contributed by atoms with E-state index in [0.29, 0.717) is 22.1 Å². The lowest BCUT2D eigenvalue weighted by molar-refractivity contribution is 0.0730. The molecule has 0 unspecified atom stereocenters. The average Bonchev–Trinajstić information content (AvgIpc) is 3.05. The molecule has 0 saturated carbocycles. The molecule has 1 aliphatic rings. The molecule has 0 aromatic heterocycles. The predicted molar refractivity (Wildman–Crippen MR) is 103 cm³/mol. The normalized spacial score (nSPS) is 15.7. The molecule has 1 atom stereocenters. The maximum Gasteiger partial charge on any atom is 0.254 e. The van der Waals surface area contributed by atoms with Crippen LogP contribution in [0.15, 0.2) is 36.4 Å². The van der Waals surface area contributed by atoms with E-state index < -0.39 is 0 Å². The lowest BCUT2D eigenvalue weighted by Crippen LogP contribution is -2.30. The Morgan fingerprint density at radius 2 is 2.00 bits per heavy atom. The third kappa shape index (κ3) is 3.51. The van der Waals surface area contributed by atoms with Crippen LogP contribution in [0.5, 0.6) is 11.5 Å². The fraction of sp³-hybridized carbons (Fsp3) is 0.381. The van der Waals surface area contributed by atoms with E-state index in [1.54, 1.807) is 24.1 Å². The van der Waals surface area contributed by atoms with Gasteiger partial charge in [0.1, 0.15) is 0 Å². The second-order valence-electron chi connectivity index (χ2n) is 6.83. The molecule has 0 spiro atoms. The molecule has 1 aliphatic carbocycles. The van der Waals surface area contributed by atoms with Crippen LogP contribution in [0.1, 0.15) is 47.8 Å². The van der Waals surface area contributed by atoms with Crippen LogP contribution >= 0.6 is 11.6 Å². The van der Waals surface area contributed by atoms with Crippen LogP contribution in [0, 0.1) is 0 Å².